The molecule has 0 fully saturated rings. The number of rotatable bonds is 3. The zero-order valence-corrected chi connectivity index (χ0v) is 18.7. The van der Waals surface area contributed by atoms with Crippen molar-refractivity contribution in [3.8, 4) is 22.5 Å². The van der Waals surface area contributed by atoms with E-state index in [2.05, 4.69) is 9.97 Å². The average Bonchev–Trinajstić information content (AvgIpc) is 2.63. The summed E-state index contributed by atoms with van der Waals surface area (Å²) >= 11 is 0. The molecule has 4 aromatic rings. The first kappa shape index (κ1) is 22.2. The quantitative estimate of drug-likeness (QED) is 0.283. The molecule has 0 aliphatic carbocycles. The number of hydrogen-bond acceptors (Lipinski definition) is 2. The number of benzene rings is 3. The van der Waals surface area contributed by atoms with E-state index in [1.807, 2.05) is 64.1 Å². The minimum atomic E-state index is -9.84. The van der Waals surface area contributed by atoms with Gasteiger partial charge in [-0.1, -0.05) is 53.8 Å². The van der Waals surface area contributed by atoms with Crippen molar-refractivity contribution in [2.75, 3.05) is 0 Å². The van der Waals surface area contributed by atoms with Crippen molar-refractivity contribution in [3.63, 3.8) is 0 Å². The van der Waals surface area contributed by atoms with Crippen LogP contribution in [0.4, 0.5) is 19.4 Å². The molecule has 0 aliphatic heterocycles. The van der Waals surface area contributed by atoms with Crippen LogP contribution in [-0.2, 0) is 0 Å². The first-order valence-corrected chi connectivity index (χ1v) is 11.8. The zero-order chi connectivity index (χ0) is 23.5. The summed E-state index contributed by atoms with van der Waals surface area (Å²) in [4.78, 5) is 7.02. The van der Waals surface area contributed by atoms with Crippen LogP contribution in [0.25, 0.3) is 33.5 Å². The Labute approximate surface area is 182 Å². The molecule has 32 heavy (non-hydrogen) atoms. The minimum Gasteiger partial charge on any atom is -0.244 e. The average molecular weight is 465 g/mol. The Kier molecular flexibility index (Phi) is 4.52. The normalized spacial score (nSPS) is 14.3. The molecule has 0 saturated heterocycles. The lowest BCUT2D eigenvalue weighted by molar-refractivity contribution is 0.364. The number of aryl methyl sites for hydroxylation is 4. The summed E-state index contributed by atoms with van der Waals surface area (Å²) in [5.74, 6) is 0. The van der Waals surface area contributed by atoms with E-state index in [-0.39, 0.29) is 11.0 Å². The highest BCUT2D eigenvalue weighted by Gasteiger charge is 2.65. The summed E-state index contributed by atoms with van der Waals surface area (Å²) in [6.45, 7) is 7.66. The molecular weight excluding hydrogens is 443 g/mol. The molecule has 1 aromatic heterocycles. The molecule has 4 rings (SSSR count). The molecule has 8 heteroatoms. The third kappa shape index (κ3) is 4.46. The lowest BCUT2D eigenvalue weighted by Gasteiger charge is -2.40. The number of fused-ring (bicyclic) bond motifs is 1. The maximum atomic E-state index is 13.4. The fraction of sp³-hybridized carbons (Fsp3) is 0.167. The van der Waals surface area contributed by atoms with Crippen molar-refractivity contribution in [2.24, 2.45) is 0 Å². The first-order chi connectivity index (χ1) is 14.6. The minimum absolute atomic E-state index is 0.109. The third-order valence-electron chi connectivity index (χ3n) is 5.07. The van der Waals surface area contributed by atoms with E-state index in [0.29, 0.717) is 29.1 Å². The Bertz CT molecular complexity index is 1360. The Morgan fingerprint density at radius 1 is 0.531 bits per heavy atom. The maximum Gasteiger partial charge on any atom is 0.310 e. The highest BCUT2D eigenvalue weighted by molar-refractivity contribution is 8.45. The van der Waals surface area contributed by atoms with Gasteiger partial charge >= 0.3 is 10.2 Å². The lowest BCUT2D eigenvalue weighted by atomic mass is 9.98. The summed E-state index contributed by atoms with van der Waals surface area (Å²) in [6.07, 6.45) is 0. The standard InChI is InChI=1S/C24H21F5N2S/c1-14-7-15(2)10-18(9-14)23-24(19-11-16(3)8-17(4)12-19)31-22-13-20(5-6-21(22)30-23)32(25,26,27,28)29/h5-13H,1-4H3. The summed E-state index contributed by atoms with van der Waals surface area (Å²) in [7, 11) is -9.84. The van der Waals surface area contributed by atoms with Crippen molar-refractivity contribution >= 4 is 21.3 Å². The zero-order valence-electron chi connectivity index (χ0n) is 17.9. The van der Waals surface area contributed by atoms with Gasteiger partial charge < -0.3 is 0 Å². The number of hydrogen-bond donors (Lipinski definition) is 0. The van der Waals surface area contributed by atoms with E-state index in [4.69, 9.17) is 0 Å². The molecule has 0 unspecified atom stereocenters. The van der Waals surface area contributed by atoms with Gasteiger partial charge in [-0.2, -0.15) is 0 Å². The summed E-state index contributed by atoms with van der Waals surface area (Å²) in [6, 6.07) is 13.2. The smallest absolute Gasteiger partial charge is 0.244 e. The Hall–Kier alpha value is -3.00. The predicted molar refractivity (Wildman–Crippen MR) is 121 cm³/mol. The van der Waals surface area contributed by atoms with Crippen LogP contribution < -0.4 is 0 Å². The second-order valence-electron chi connectivity index (χ2n) is 8.29. The van der Waals surface area contributed by atoms with Gasteiger partial charge in [-0.15, -0.1) is 0 Å². The van der Waals surface area contributed by atoms with E-state index in [0.717, 1.165) is 33.9 Å². The Morgan fingerprint density at radius 2 is 0.938 bits per heavy atom. The molecule has 0 radical (unpaired) electrons. The summed E-state index contributed by atoms with van der Waals surface area (Å²) < 4.78 is 66.9. The predicted octanol–water partition coefficient (Wildman–Crippen LogP) is 8.85. The van der Waals surface area contributed by atoms with Gasteiger partial charge in [-0.3, -0.25) is 0 Å². The van der Waals surface area contributed by atoms with Gasteiger partial charge in [-0.05, 0) is 70.2 Å². The molecule has 0 bridgehead atoms. The SMILES string of the molecule is Cc1cc(C)cc(-c2nc3ccc(S(F)(F)(F)(F)F)cc3nc2-c2cc(C)cc(C)c2)c1. The molecule has 168 valence electrons. The fourth-order valence-corrected chi connectivity index (χ4v) is 4.56. The van der Waals surface area contributed by atoms with Gasteiger partial charge in [0.15, 0.2) is 0 Å². The van der Waals surface area contributed by atoms with Crippen molar-refractivity contribution < 1.29 is 19.4 Å². The van der Waals surface area contributed by atoms with Gasteiger partial charge in [-0.25, -0.2) is 9.97 Å². The molecule has 0 spiro atoms. The molecule has 3 aromatic carbocycles. The second kappa shape index (κ2) is 6.51. The molecule has 0 amide bonds. The van der Waals surface area contributed by atoms with E-state index >= 15 is 0 Å². The maximum absolute atomic E-state index is 13.4. The van der Waals surface area contributed by atoms with Crippen LogP contribution in [0, 0.1) is 27.7 Å². The highest BCUT2D eigenvalue weighted by atomic mass is 32.5. The van der Waals surface area contributed by atoms with Crippen LogP contribution in [0.1, 0.15) is 22.3 Å². The summed E-state index contributed by atoms with van der Waals surface area (Å²) in [5, 5.41) is 0. The van der Waals surface area contributed by atoms with E-state index in [9.17, 15) is 19.4 Å². The largest absolute Gasteiger partial charge is 0.310 e. The van der Waals surface area contributed by atoms with Gasteiger partial charge in [0.1, 0.15) is 4.90 Å². The van der Waals surface area contributed by atoms with Crippen LogP contribution in [0.2, 0.25) is 0 Å². The fourth-order valence-electron chi connectivity index (χ4n) is 3.90. The topological polar surface area (TPSA) is 25.8 Å². The Balaban J connectivity index is 2.08. The van der Waals surface area contributed by atoms with Crippen LogP contribution >= 0.6 is 10.2 Å². The van der Waals surface area contributed by atoms with E-state index < -0.39 is 15.1 Å². The lowest BCUT2D eigenvalue weighted by Crippen LogP contribution is -2.06. The van der Waals surface area contributed by atoms with Crippen LogP contribution in [-0.4, -0.2) is 9.97 Å². The molecule has 0 N–H and O–H groups in total. The van der Waals surface area contributed by atoms with Crippen molar-refractivity contribution in [1.29, 1.82) is 0 Å². The number of nitrogens with zero attached hydrogens (tertiary/aromatic N) is 2. The van der Waals surface area contributed by atoms with Crippen molar-refractivity contribution in [3.05, 3.63) is 76.9 Å². The molecule has 1 heterocycles. The summed E-state index contributed by atoms with van der Waals surface area (Å²) in [5.41, 5.74) is 5.96. The molecule has 2 nitrogen and oxygen atoms in total. The molecule has 0 atom stereocenters. The first-order valence-electron chi connectivity index (χ1n) is 9.82. The van der Waals surface area contributed by atoms with Gasteiger partial charge in [0, 0.05) is 11.1 Å². The number of aromatic nitrogens is 2. The van der Waals surface area contributed by atoms with Crippen molar-refractivity contribution in [1.82, 2.24) is 9.97 Å². The molecular formula is C24H21F5N2S. The third-order valence-corrected chi connectivity index (χ3v) is 6.22. The monoisotopic (exact) mass is 464 g/mol. The van der Waals surface area contributed by atoms with E-state index in [1.165, 1.54) is 0 Å². The van der Waals surface area contributed by atoms with Gasteiger partial charge in [0.05, 0.1) is 22.4 Å². The second-order valence-corrected chi connectivity index (χ2v) is 10.7. The van der Waals surface area contributed by atoms with Gasteiger partial charge in [0.2, 0.25) is 0 Å². The highest BCUT2D eigenvalue weighted by Crippen LogP contribution is 3.02. The van der Waals surface area contributed by atoms with Crippen LogP contribution in [0.15, 0.2) is 59.5 Å². The Morgan fingerprint density at radius 3 is 1.34 bits per heavy atom. The number of halogens is 5. The van der Waals surface area contributed by atoms with E-state index in [1.54, 1.807) is 0 Å². The van der Waals surface area contributed by atoms with Crippen molar-refractivity contribution in [2.45, 2.75) is 32.6 Å². The molecule has 0 aliphatic rings. The van der Waals surface area contributed by atoms with Gasteiger partial charge in [0.25, 0.3) is 0 Å². The molecule has 0 saturated carbocycles. The van der Waals surface area contributed by atoms with Crippen LogP contribution in [0.3, 0.4) is 0 Å². The van der Waals surface area contributed by atoms with Crippen LogP contribution in [0.5, 0.6) is 0 Å².